The molecule has 3 N–H and O–H groups in total. The van der Waals surface area contributed by atoms with Crippen molar-refractivity contribution in [3.8, 4) is 11.5 Å². The van der Waals surface area contributed by atoms with E-state index < -0.39 is 5.92 Å². The van der Waals surface area contributed by atoms with Crippen LogP contribution in [0.5, 0.6) is 11.5 Å². The number of hydrogen-bond donors (Lipinski definition) is 2. The molecule has 7 heteroatoms. The van der Waals surface area contributed by atoms with Gasteiger partial charge in [-0.3, -0.25) is 4.79 Å². The summed E-state index contributed by atoms with van der Waals surface area (Å²) in [6, 6.07) is 12.6. The minimum Gasteiger partial charge on any atom is -0.493 e. The minimum absolute atomic E-state index is 0. The molecule has 2 aromatic carbocycles. The summed E-state index contributed by atoms with van der Waals surface area (Å²) in [4.78, 5) is 12.5. The van der Waals surface area contributed by atoms with Crippen LogP contribution in [0, 0.1) is 5.92 Å². The van der Waals surface area contributed by atoms with Crippen molar-refractivity contribution in [2.75, 3.05) is 19.5 Å². The second-order valence-electron chi connectivity index (χ2n) is 5.40. The number of benzene rings is 2. The summed E-state index contributed by atoms with van der Waals surface area (Å²) in [5.74, 6) is 0.555. The molecule has 0 bridgehead atoms. The van der Waals surface area contributed by atoms with Crippen molar-refractivity contribution in [1.82, 2.24) is 0 Å². The van der Waals surface area contributed by atoms with Gasteiger partial charge in [0.25, 0.3) is 0 Å². The Labute approximate surface area is 162 Å². The monoisotopic (exact) mass is 428 g/mol. The molecule has 0 heterocycles. The Morgan fingerprint density at radius 1 is 1.12 bits per heavy atom. The zero-order chi connectivity index (χ0) is 17.7. The molecule has 0 saturated heterocycles. The minimum atomic E-state index is -0.396. The maximum absolute atomic E-state index is 12.5. The van der Waals surface area contributed by atoms with Crippen LogP contribution in [-0.4, -0.2) is 20.1 Å². The van der Waals surface area contributed by atoms with E-state index in [1.807, 2.05) is 37.3 Å². The van der Waals surface area contributed by atoms with E-state index in [1.54, 1.807) is 26.4 Å². The number of amides is 1. The Bertz CT molecular complexity index is 713. The van der Waals surface area contributed by atoms with E-state index in [-0.39, 0.29) is 24.4 Å². The number of hydrogen-bond acceptors (Lipinski definition) is 4. The molecule has 5 nitrogen and oxygen atoms in total. The third-order valence-electron chi connectivity index (χ3n) is 3.87. The molecule has 0 saturated carbocycles. The Morgan fingerprint density at radius 3 is 2.24 bits per heavy atom. The summed E-state index contributed by atoms with van der Waals surface area (Å²) in [5.41, 5.74) is 7.74. The van der Waals surface area contributed by atoms with Gasteiger partial charge in [-0.05, 0) is 21.5 Å². The summed E-state index contributed by atoms with van der Waals surface area (Å²) in [6.45, 7) is 1.81. The number of rotatable bonds is 6. The summed E-state index contributed by atoms with van der Waals surface area (Å²) in [7, 11) is 3.11. The molecule has 0 radical (unpaired) electrons. The lowest BCUT2D eigenvalue weighted by molar-refractivity contribution is -0.120. The summed E-state index contributed by atoms with van der Waals surface area (Å²) in [5, 5.41) is 2.89. The van der Waals surface area contributed by atoms with Crippen molar-refractivity contribution < 1.29 is 14.3 Å². The molecule has 25 heavy (non-hydrogen) atoms. The largest absolute Gasteiger partial charge is 0.493 e. The molecular formula is C18H22BrClN2O3. The number of nitrogens with one attached hydrogen (secondary N) is 1. The smallest absolute Gasteiger partial charge is 0.229 e. The second-order valence-corrected chi connectivity index (χ2v) is 6.26. The molecule has 0 aromatic heterocycles. The van der Waals surface area contributed by atoms with E-state index in [0.717, 1.165) is 5.56 Å². The molecule has 0 fully saturated rings. The average Bonchev–Trinajstić information content (AvgIpc) is 2.62. The van der Waals surface area contributed by atoms with Gasteiger partial charge < -0.3 is 20.5 Å². The van der Waals surface area contributed by atoms with Gasteiger partial charge in [-0.25, -0.2) is 0 Å². The van der Waals surface area contributed by atoms with Crippen LogP contribution < -0.4 is 20.5 Å². The molecule has 1 amide bonds. The topological polar surface area (TPSA) is 73.6 Å². The zero-order valence-corrected chi connectivity index (χ0v) is 16.7. The van der Waals surface area contributed by atoms with Crippen LogP contribution in [0.4, 0.5) is 5.69 Å². The first kappa shape index (κ1) is 21.3. The van der Waals surface area contributed by atoms with Gasteiger partial charge in [0.1, 0.15) is 0 Å². The summed E-state index contributed by atoms with van der Waals surface area (Å²) >= 11 is 3.43. The van der Waals surface area contributed by atoms with E-state index in [9.17, 15) is 4.79 Å². The molecule has 0 aliphatic heterocycles. The second kappa shape index (κ2) is 9.65. The standard InChI is InChI=1S/C18H21BrN2O3.ClH/c1-11(17(20)12-7-5-4-6-8-12)18(22)21-14-10-16(24-3)15(23-2)9-13(14)19;/h4-11,17H,20H2,1-3H3,(H,21,22);1H. The predicted octanol–water partition coefficient (Wildman–Crippen LogP) is 4.16. The van der Waals surface area contributed by atoms with Gasteiger partial charge in [0, 0.05) is 22.6 Å². The Kier molecular flexibility index (Phi) is 8.22. The third-order valence-corrected chi connectivity index (χ3v) is 4.52. The van der Waals surface area contributed by atoms with Crippen molar-refractivity contribution >= 4 is 39.9 Å². The number of carbonyl (C=O) groups excluding carboxylic acids is 1. The molecule has 2 rings (SSSR count). The van der Waals surface area contributed by atoms with E-state index in [2.05, 4.69) is 21.2 Å². The highest BCUT2D eigenvalue weighted by molar-refractivity contribution is 9.10. The maximum atomic E-state index is 12.5. The van der Waals surface area contributed by atoms with Crippen LogP contribution in [0.25, 0.3) is 0 Å². The van der Waals surface area contributed by atoms with Crippen LogP contribution in [0.1, 0.15) is 18.5 Å². The maximum Gasteiger partial charge on any atom is 0.229 e. The van der Waals surface area contributed by atoms with Crippen molar-refractivity contribution in [2.24, 2.45) is 11.7 Å². The van der Waals surface area contributed by atoms with Crippen molar-refractivity contribution in [1.29, 1.82) is 0 Å². The molecule has 2 aromatic rings. The Hall–Kier alpha value is -1.76. The predicted molar refractivity (Wildman–Crippen MR) is 106 cm³/mol. The average molecular weight is 430 g/mol. The van der Waals surface area contributed by atoms with E-state index in [0.29, 0.717) is 21.7 Å². The lowest BCUT2D eigenvalue weighted by Gasteiger charge is -2.20. The van der Waals surface area contributed by atoms with Crippen LogP contribution in [0.3, 0.4) is 0 Å². The first-order chi connectivity index (χ1) is 11.5. The number of carbonyl (C=O) groups is 1. The fourth-order valence-electron chi connectivity index (χ4n) is 2.32. The summed E-state index contributed by atoms with van der Waals surface area (Å²) < 4.78 is 11.2. The number of methoxy groups -OCH3 is 2. The van der Waals surface area contributed by atoms with Crippen LogP contribution in [0.15, 0.2) is 46.9 Å². The van der Waals surface area contributed by atoms with Gasteiger partial charge in [0.2, 0.25) is 5.91 Å². The first-order valence-electron chi connectivity index (χ1n) is 7.50. The van der Waals surface area contributed by atoms with Crippen molar-refractivity contribution in [2.45, 2.75) is 13.0 Å². The van der Waals surface area contributed by atoms with Gasteiger partial charge in [-0.2, -0.15) is 0 Å². The molecule has 136 valence electrons. The van der Waals surface area contributed by atoms with Gasteiger partial charge in [-0.15, -0.1) is 12.4 Å². The first-order valence-corrected chi connectivity index (χ1v) is 8.30. The van der Waals surface area contributed by atoms with Gasteiger partial charge in [0.05, 0.1) is 25.8 Å². The third kappa shape index (κ3) is 5.11. The number of ether oxygens (including phenoxy) is 2. The fourth-order valence-corrected chi connectivity index (χ4v) is 2.75. The Morgan fingerprint density at radius 2 is 1.68 bits per heavy atom. The van der Waals surface area contributed by atoms with E-state index in [1.165, 1.54) is 0 Å². The Balaban J connectivity index is 0.00000312. The highest BCUT2D eigenvalue weighted by atomic mass is 79.9. The van der Waals surface area contributed by atoms with Crippen molar-refractivity contribution in [3.63, 3.8) is 0 Å². The molecule has 0 aliphatic rings. The van der Waals surface area contributed by atoms with Gasteiger partial charge in [-0.1, -0.05) is 37.3 Å². The lowest BCUT2D eigenvalue weighted by Crippen LogP contribution is -2.30. The number of anilines is 1. The number of halogens is 2. The molecule has 0 spiro atoms. The molecular weight excluding hydrogens is 408 g/mol. The normalized spacial score (nSPS) is 12.5. The van der Waals surface area contributed by atoms with Crippen LogP contribution in [0.2, 0.25) is 0 Å². The lowest BCUT2D eigenvalue weighted by atomic mass is 9.94. The molecule has 2 atom stereocenters. The van der Waals surface area contributed by atoms with E-state index >= 15 is 0 Å². The highest BCUT2D eigenvalue weighted by Gasteiger charge is 2.23. The van der Waals surface area contributed by atoms with Crippen LogP contribution >= 0.6 is 28.3 Å². The fraction of sp³-hybridized carbons (Fsp3) is 0.278. The van der Waals surface area contributed by atoms with Crippen molar-refractivity contribution in [3.05, 3.63) is 52.5 Å². The highest BCUT2D eigenvalue weighted by Crippen LogP contribution is 2.36. The summed E-state index contributed by atoms with van der Waals surface area (Å²) in [6.07, 6.45) is 0. The molecule has 0 aliphatic carbocycles. The van der Waals surface area contributed by atoms with Gasteiger partial charge >= 0.3 is 0 Å². The SMILES string of the molecule is COc1cc(Br)c(NC(=O)C(C)C(N)c2ccccc2)cc1OC.Cl. The van der Waals surface area contributed by atoms with Gasteiger partial charge in [0.15, 0.2) is 11.5 Å². The quantitative estimate of drug-likeness (QED) is 0.723. The van der Waals surface area contributed by atoms with Crippen LogP contribution in [-0.2, 0) is 4.79 Å². The molecule has 2 unspecified atom stereocenters. The zero-order valence-electron chi connectivity index (χ0n) is 14.3. The number of nitrogens with two attached hydrogens (primary N) is 1. The van der Waals surface area contributed by atoms with E-state index in [4.69, 9.17) is 15.2 Å².